The van der Waals surface area contributed by atoms with Crippen molar-refractivity contribution >= 4 is 11.9 Å². The lowest BCUT2D eigenvalue weighted by molar-refractivity contribution is 0.0651. The second-order valence-corrected chi connectivity index (χ2v) is 2.87. The Morgan fingerprint density at radius 1 is 1.12 bits per heavy atom. The fraction of sp³-hybridized carbons (Fsp3) is 0.273. The third-order valence-corrected chi connectivity index (χ3v) is 1.68. The summed E-state index contributed by atoms with van der Waals surface area (Å²) >= 11 is 0. The average molecular weight is 242 g/mol. The third kappa shape index (κ3) is 5.64. The molecule has 0 aliphatic rings. The topological polar surface area (TPSA) is 104 Å². The number of methoxy groups -OCH3 is 1. The van der Waals surface area contributed by atoms with Crippen LogP contribution in [0.4, 0.5) is 0 Å². The van der Waals surface area contributed by atoms with Crippen LogP contribution in [0.25, 0.3) is 0 Å². The third-order valence-electron chi connectivity index (χ3n) is 1.68. The van der Waals surface area contributed by atoms with Gasteiger partial charge in [0.1, 0.15) is 0 Å². The average Bonchev–Trinajstić information content (AvgIpc) is 2.30. The van der Waals surface area contributed by atoms with Crippen molar-refractivity contribution in [2.75, 3.05) is 20.3 Å². The number of benzene rings is 1. The van der Waals surface area contributed by atoms with Crippen molar-refractivity contribution in [1.82, 2.24) is 0 Å². The maximum Gasteiger partial charge on any atom is 0.336 e. The number of hydrogen-bond donors (Lipinski definition) is 3. The highest BCUT2D eigenvalue weighted by Crippen LogP contribution is 2.07. The molecule has 0 aliphatic heterocycles. The molecule has 0 aliphatic carbocycles. The second kappa shape index (κ2) is 8.26. The SMILES string of the molecule is COCCO.O=C(O)c1ccccc1C(=O)O. The molecule has 0 atom stereocenters. The Labute approximate surface area is 98.1 Å². The maximum atomic E-state index is 10.5. The van der Waals surface area contributed by atoms with Gasteiger partial charge in [0.25, 0.3) is 0 Å². The van der Waals surface area contributed by atoms with E-state index in [0.29, 0.717) is 6.61 Å². The van der Waals surface area contributed by atoms with Gasteiger partial charge in [0.15, 0.2) is 0 Å². The van der Waals surface area contributed by atoms with E-state index in [2.05, 4.69) is 4.74 Å². The van der Waals surface area contributed by atoms with E-state index in [0.717, 1.165) is 0 Å². The van der Waals surface area contributed by atoms with Gasteiger partial charge < -0.3 is 20.1 Å². The maximum absolute atomic E-state index is 10.5. The largest absolute Gasteiger partial charge is 0.478 e. The van der Waals surface area contributed by atoms with Crippen molar-refractivity contribution in [1.29, 1.82) is 0 Å². The van der Waals surface area contributed by atoms with Crippen molar-refractivity contribution in [3.05, 3.63) is 35.4 Å². The number of hydrogen-bond acceptors (Lipinski definition) is 4. The minimum atomic E-state index is -1.23. The first-order valence-electron chi connectivity index (χ1n) is 4.70. The zero-order valence-electron chi connectivity index (χ0n) is 9.29. The summed E-state index contributed by atoms with van der Waals surface area (Å²) < 4.78 is 4.44. The summed E-state index contributed by atoms with van der Waals surface area (Å²) in [6, 6.07) is 5.48. The molecule has 0 bridgehead atoms. The fourth-order valence-corrected chi connectivity index (χ4v) is 0.947. The Morgan fingerprint density at radius 3 is 1.71 bits per heavy atom. The van der Waals surface area contributed by atoms with Crippen LogP contribution >= 0.6 is 0 Å². The van der Waals surface area contributed by atoms with Gasteiger partial charge in [0, 0.05) is 7.11 Å². The molecular weight excluding hydrogens is 228 g/mol. The van der Waals surface area contributed by atoms with Crippen molar-refractivity contribution in [3.63, 3.8) is 0 Å². The molecule has 0 saturated carbocycles. The van der Waals surface area contributed by atoms with Gasteiger partial charge in [0.05, 0.1) is 24.3 Å². The molecular formula is C11H14O6. The van der Waals surface area contributed by atoms with Gasteiger partial charge in [-0.3, -0.25) is 0 Å². The molecule has 1 aromatic carbocycles. The minimum absolute atomic E-state index is 0.122. The van der Waals surface area contributed by atoms with Crippen LogP contribution in [0.3, 0.4) is 0 Å². The van der Waals surface area contributed by atoms with Crippen molar-refractivity contribution in [3.8, 4) is 0 Å². The molecule has 0 saturated heterocycles. The number of carboxylic acid groups (broad SMARTS) is 2. The summed E-state index contributed by atoms with van der Waals surface area (Å²) in [7, 11) is 1.55. The first-order valence-corrected chi connectivity index (χ1v) is 4.70. The summed E-state index contributed by atoms with van der Waals surface area (Å²) in [4.78, 5) is 20.9. The number of ether oxygens (including phenoxy) is 1. The van der Waals surface area contributed by atoms with E-state index < -0.39 is 11.9 Å². The van der Waals surface area contributed by atoms with Crippen LogP contribution in [-0.2, 0) is 4.74 Å². The van der Waals surface area contributed by atoms with E-state index in [1.54, 1.807) is 7.11 Å². The van der Waals surface area contributed by atoms with Crippen LogP contribution in [0, 0.1) is 0 Å². The van der Waals surface area contributed by atoms with Crippen LogP contribution < -0.4 is 0 Å². The van der Waals surface area contributed by atoms with Crippen LogP contribution in [0.15, 0.2) is 24.3 Å². The standard InChI is InChI=1S/C8H6O4.C3H8O2/c9-7(10)5-3-1-2-4-6(5)8(11)12;1-5-3-2-4/h1-4H,(H,9,10)(H,11,12);4H,2-3H2,1H3. The van der Waals surface area contributed by atoms with E-state index >= 15 is 0 Å². The van der Waals surface area contributed by atoms with E-state index in [-0.39, 0.29) is 17.7 Å². The Bertz CT molecular complexity index is 339. The van der Waals surface area contributed by atoms with Crippen molar-refractivity contribution in [2.24, 2.45) is 0 Å². The molecule has 0 spiro atoms. The van der Waals surface area contributed by atoms with Gasteiger partial charge >= 0.3 is 11.9 Å². The molecule has 0 amide bonds. The second-order valence-electron chi connectivity index (χ2n) is 2.87. The Hall–Kier alpha value is -1.92. The lowest BCUT2D eigenvalue weighted by Crippen LogP contribution is -2.06. The van der Waals surface area contributed by atoms with Gasteiger partial charge in [-0.2, -0.15) is 0 Å². The highest BCUT2D eigenvalue weighted by atomic mass is 16.5. The van der Waals surface area contributed by atoms with Crippen molar-refractivity contribution < 1.29 is 29.6 Å². The molecule has 6 heteroatoms. The van der Waals surface area contributed by atoms with Crippen LogP contribution in [0.5, 0.6) is 0 Å². The van der Waals surface area contributed by atoms with Crippen LogP contribution in [0.2, 0.25) is 0 Å². The Kier molecular flexibility index (Phi) is 7.32. The highest BCUT2D eigenvalue weighted by Gasteiger charge is 2.13. The molecule has 94 valence electrons. The lowest BCUT2D eigenvalue weighted by atomic mass is 10.1. The predicted molar refractivity (Wildman–Crippen MR) is 59.3 cm³/mol. The minimum Gasteiger partial charge on any atom is -0.478 e. The number of aliphatic hydroxyl groups is 1. The first kappa shape index (κ1) is 15.1. The van der Waals surface area contributed by atoms with Crippen molar-refractivity contribution in [2.45, 2.75) is 0 Å². The zero-order chi connectivity index (χ0) is 13.3. The highest BCUT2D eigenvalue weighted by molar-refractivity contribution is 6.01. The van der Waals surface area contributed by atoms with Gasteiger partial charge in [-0.1, -0.05) is 12.1 Å². The summed E-state index contributed by atoms with van der Waals surface area (Å²) in [6.45, 7) is 0.566. The number of carbonyl (C=O) groups is 2. The quantitative estimate of drug-likeness (QED) is 0.718. The molecule has 1 rings (SSSR count). The zero-order valence-corrected chi connectivity index (χ0v) is 9.29. The molecule has 0 aromatic heterocycles. The normalized spacial score (nSPS) is 9.06. The van der Waals surface area contributed by atoms with Gasteiger partial charge in [-0.05, 0) is 12.1 Å². The smallest absolute Gasteiger partial charge is 0.336 e. The van der Waals surface area contributed by atoms with Crippen LogP contribution in [-0.4, -0.2) is 47.6 Å². The Morgan fingerprint density at radius 2 is 1.53 bits per heavy atom. The lowest BCUT2D eigenvalue weighted by Gasteiger charge is -1.98. The number of aromatic carboxylic acids is 2. The summed E-state index contributed by atoms with van der Waals surface area (Å²) in [5.74, 6) is -2.46. The number of rotatable bonds is 4. The van der Waals surface area contributed by atoms with Gasteiger partial charge in [0.2, 0.25) is 0 Å². The van der Waals surface area contributed by atoms with E-state index in [1.807, 2.05) is 0 Å². The monoisotopic (exact) mass is 242 g/mol. The molecule has 17 heavy (non-hydrogen) atoms. The number of carboxylic acids is 2. The molecule has 0 radical (unpaired) electrons. The molecule has 0 fully saturated rings. The molecule has 3 N–H and O–H groups in total. The molecule has 1 aromatic rings. The summed E-state index contributed by atoms with van der Waals surface area (Å²) in [6.07, 6.45) is 0. The van der Waals surface area contributed by atoms with E-state index in [4.69, 9.17) is 15.3 Å². The summed E-state index contributed by atoms with van der Waals surface area (Å²) in [5, 5.41) is 25.0. The molecule has 6 nitrogen and oxygen atoms in total. The molecule has 0 heterocycles. The first-order chi connectivity index (χ1) is 8.04. The predicted octanol–water partition coefficient (Wildman–Crippen LogP) is 0.708. The fourth-order valence-electron chi connectivity index (χ4n) is 0.947. The van der Waals surface area contributed by atoms with Crippen LogP contribution in [0.1, 0.15) is 20.7 Å². The van der Waals surface area contributed by atoms with E-state index in [9.17, 15) is 9.59 Å². The number of aliphatic hydroxyl groups excluding tert-OH is 1. The summed E-state index contributed by atoms with van der Waals surface area (Å²) in [5.41, 5.74) is -0.380. The van der Waals surface area contributed by atoms with Gasteiger partial charge in [-0.15, -0.1) is 0 Å². The van der Waals surface area contributed by atoms with Gasteiger partial charge in [-0.25, -0.2) is 9.59 Å². The molecule has 0 unspecified atom stereocenters. The Balaban J connectivity index is 0.000000437. The van der Waals surface area contributed by atoms with E-state index in [1.165, 1.54) is 24.3 Å².